The van der Waals surface area contributed by atoms with Crippen molar-refractivity contribution in [2.75, 3.05) is 0 Å². The van der Waals surface area contributed by atoms with Crippen molar-refractivity contribution < 1.29 is 8.78 Å². The van der Waals surface area contributed by atoms with Crippen molar-refractivity contribution in [3.05, 3.63) is 69.2 Å². The van der Waals surface area contributed by atoms with Gasteiger partial charge in [0.15, 0.2) is 0 Å². The highest BCUT2D eigenvalue weighted by atomic mass is 79.9. The fourth-order valence-electron chi connectivity index (χ4n) is 1.65. The molecule has 0 unspecified atom stereocenters. The molecule has 18 heavy (non-hydrogen) atoms. The lowest BCUT2D eigenvalue weighted by Gasteiger charge is -2.17. The Hall–Kier alpha value is -0.930. The van der Waals surface area contributed by atoms with Crippen molar-refractivity contribution in [1.29, 1.82) is 0 Å². The maximum atomic E-state index is 14.0. The Morgan fingerprint density at radius 1 is 0.944 bits per heavy atom. The third kappa shape index (κ3) is 3.30. The maximum absolute atomic E-state index is 14.0. The summed E-state index contributed by atoms with van der Waals surface area (Å²) in [5, 5.41) is 0.547. The molecule has 94 valence electrons. The van der Waals surface area contributed by atoms with Crippen molar-refractivity contribution in [2.45, 2.75) is 12.3 Å². The van der Waals surface area contributed by atoms with E-state index in [0.29, 0.717) is 10.6 Å². The first-order valence-corrected chi connectivity index (χ1v) is 6.53. The SMILES string of the molecule is FC(F)(Cc1ccc(Cl)cc1)c1ccc(Br)cc1. The Morgan fingerprint density at radius 2 is 1.50 bits per heavy atom. The van der Waals surface area contributed by atoms with Crippen LogP contribution in [0.5, 0.6) is 0 Å². The van der Waals surface area contributed by atoms with E-state index in [0.717, 1.165) is 4.47 Å². The topological polar surface area (TPSA) is 0 Å². The predicted octanol–water partition coefficient (Wildman–Crippen LogP) is 5.44. The quantitative estimate of drug-likeness (QED) is 0.703. The van der Waals surface area contributed by atoms with Gasteiger partial charge in [-0.1, -0.05) is 51.8 Å². The summed E-state index contributed by atoms with van der Waals surface area (Å²) in [6.45, 7) is 0. The maximum Gasteiger partial charge on any atom is 0.277 e. The van der Waals surface area contributed by atoms with Gasteiger partial charge in [0.05, 0.1) is 0 Å². The molecular formula is C14H10BrClF2. The van der Waals surface area contributed by atoms with Gasteiger partial charge >= 0.3 is 0 Å². The van der Waals surface area contributed by atoms with Gasteiger partial charge in [-0.15, -0.1) is 0 Å². The average Bonchev–Trinajstić information content (AvgIpc) is 2.32. The first-order chi connectivity index (χ1) is 8.47. The standard InChI is InChI=1S/C14H10BrClF2/c15-12-5-3-11(4-6-12)14(17,18)9-10-1-7-13(16)8-2-10/h1-8H,9H2. The summed E-state index contributed by atoms with van der Waals surface area (Å²) in [5.41, 5.74) is 0.577. The van der Waals surface area contributed by atoms with Crippen LogP contribution in [0.3, 0.4) is 0 Å². The minimum absolute atomic E-state index is 0.0145. The molecule has 2 rings (SSSR count). The number of halogens is 4. The Bertz CT molecular complexity index is 520. The van der Waals surface area contributed by atoms with Crippen LogP contribution >= 0.6 is 27.5 Å². The first kappa shape index (κ1) is 13.5. The van der Waals surface area contributed by atoms with Gasteiger partial charge < -0.3 is 0 Å². The molecule has 0 amide bonds. The smallest absolute Gasteiger partial charge is 0.201 e. The number of benzene rings is 2. The number of hydrogen-bond donors (Lipinski definition) is 0. The average molecular weight is 332 g/mol. The third-order valence-electron chi connectivity index (χ3n) is 2.61. The Morgan fingerprint density at radius 3 is 2.06 bits per heavy atom. The Labute approximate surface area is 118 Å². The lowest BCUT2D eigenvalue weighted by atomic mass is 10.0. The van der Waals surface area contributed by atoms with Gasteiger partial charge in [0.25, 0.3) is 5.92 Å². The van der Waals surface area contributed by atoms with Crippen LogP contribution in [-0.4, -0.2) is 0 Å². The van der Waals surface area contributed by atoms with Crippen molar-refractivity contribution in [3.63, 3.8) is 0 Å². The number of hydrogen-bond acceptors (Lipinski definition) is 0. The third-order valence-corrected chi connectivity index (χ3v) is 3.39. The lowest BCUT2D eigenvalue weighted by molar-refractivity contribution is -0.00383. The molecule has 0 aromatic heterocycles. The highest BCUT2D eigenvalue weighted by Gasteiger charge is 2.31. The molecule has 0 bridgehead atoms. The predicted molar refractivity (Wildman–Crippen MR) is 73.2 cm³/mol. The molecule has 0 fully saturated rings. The van der Waals surface area contributed by atoms with Crippen molar-refractivity contribution in [3.8, 4) is 0 Å². The minimum Gasteiger partial charge on any atom is -0.201 e. The monoisotopic (exact) mass is 330 g/mol. The number of rotatable bonds is 3. The molecule has 0 N–H and O–H groups in total. The van der Waals surface area contributed by atoms with Crippen LogP contribution in [0, 0.1) is 0 Å². The van der Waals surface area contributed by atoms with Gasteiger partial charge in [0.2, 0.25) is 0 Å². The van der Waals surface area contributed by atoms with Crippen LogP contribution in [-0.2, 0) is 12.3 Å². The van der Waals surface area contributed by atoms with Crippen molar-refractivity contribution in [2.24, 2.45) is 0 Å². The fourth-order valence-corrected chi connectivity index (χ4v) is 2.04. The molecule has 0 nitrogen and oxygen atoms in total. The molecule has 0 spiro atoms. The molecule has 0 saturated carbocycles. The second-order valence-corrected chi connectivity index (χ2v) is 5.37. The van der Waals surface area contributed by atoms with E-state index >= 15 is 0 Å². The van der Waals surface area contributed by atoms with Gasteiger partial charge in [0, 0.05) is 21.5 Å². The minimum atomic E-state index is -2.88. The summed E-state index contributed by atoms with van der Waals surface area (Å²) in [4.78, 5) is 0. The van der Waals surface area contributed by atoms with Crippen LogP contribution in [0.15, 0.2) is 53.0 Å². The van der Waals surface area contributed by atoms with Crippen molar-refractivity contribution >= 4 is 27.5 Å². The molecule has 2 aromatic rings. The van der Waals surface area contributed by atoms with Gasteiger partial charge in [-0.2, -0.15) is 0 Å². The summed E-state index contributed by atoms with van der Waals surface area (Å²) in [6.07, 6.45) is -0.328. The molecule has 4 heteroatoms. The zero-order valence-corrected chi connectivity index (χ0v) is 11.7. The van der Waals surface area contributed by atoms with E-state index in [1.54, 1.807) is 36.4 Å². The first-order valence-electron chi connectivity index (χ1n) is 5.36. The molecular weight excluding hydrogens is 322 g/mol. The van der Waals surface area contributed by atoms with E-state index < -0.39 is 5.92 Å². The summed E-state index contributed by atoms with van der Waals surface area (Å²) < 4.78 is 28.8. The van der Waals surface area contributed by atoms with Gasteiger partial charge in [-0.3, -0.25) is 0 Å². The molecule has 2 aromatic carbocycles. The Kier molecular flexibility index (Phi) is 4.03. The van der Waals surface area contributed by atoms with E-state index in [9.17, 15) is 8.78 Å². The molecule has 0 atom stereocenters. The van der Waals surface area contributed by atoms with Crippen LogP contribution < -0.4 is 0 Å². The fraction of sp³-hybridized carbons (Fsp3) is 0.143. The molecule has 0 aliphatic carbocycles. The normalized spacial score (nSPS) is 11.6. The van der Waals surface area contributed by atoms with E-state index in [4.69, 9.17) is 11.6 Å². The Balaban J connectivity index is 2.20. The van der Waals surface area contributed by atoms with E-state index in [1.165, 1.54) is 12.1 Å². The summed E-state index contributed by atoms with van der Waals surface area (Å²) in [5.74, 6) is -2.88. The molecule has 0 heterocycles. The largest absolute Gasteiger partial charge is 0.277 e. The lowest BCUT2D eigenvalue weighted by Crippen LogP contribution is -2.16. The highest BCUT2D eigenvalue weighted by Crippen LogP contribution is 2.32. The second kappa shape index (κ2) is 5.37. The van der Waals surface area contributed by atoms with Gasteiger partial charge in [-0.05, 0) is 29.8 Å². The van der Waals surface area contributed by atoms with Crippen LogP contribution in [0.4, 0.5) is 8.78 Å². The van der Waals surface area contributed by atoms with Gasteiger partial charge in [-0.25, -0.2) is 8.78 Å². The highest BCUT2D eigenvalue weighted by molar-refractivity contribution is 9.10. The zero-order chi connectivity index (χ0) is 13.2. The second-order valence-electron chi connectivity index (χ2n) is 4.01. The van der Waals surface area contributed by atoms with Gasteiger partial charge in [0.1, 0.15) is 0 Å². The van der Waals surface area contributed by atoms with E-state index in [1.807, 2.05) is 0 Å². The zero-order valence-electron chi connectivity index (χ0n) is 9.34. The van der Waals surface area contributed by atoms with Crippen LogP contribution in [0.2, 0.25) is 5.02 Å². The summed E-state index contributed by atoms with van der Waals surface area (Å²) >= 11 is 8.95. The van der Waals surface area contributed by atoms with E-state index in [2.05, 4.69) is 15.9 Å². The van der Waals surface area contributed by atoms with Crippen LogP contribution in [0.1, 0.15) is 11.1 Å². The summed E-state index contributed by atoms with van der Waals surface area (Å²) in [6, 6.07) is 12.6. The molecule has 0 aliphatic heterocycles. The van der Waals surface area contributed by atoms with E-state index in [-0.39, 0.29) is 12.0 Å². The molecule has 0 radical (unpaired) electrons. The van der Waals surface area contributed by atoms with Crippen molar-refractivity contribution in [1.82, 2.24) is 0 Å². The molecule has 0 aliphatic rings. The number of alkyl halides is 2. The summed E-state index contributed by atoms with van der Waals surface area (Å²) in [7, 11) is 0. The van der Waals surface area contributed by atoms with Crippen LogP contribution in [0.25, 0.3) is 0 Å². The molecule has 0 saturated heterocycles.